The van der Waals surface area contributed by atoms with Crippen LogP contribution in [0.2, 0.25) is 5.02 Å². The average molecular weight is 391 g/mol. The summed E-state index contributed by atoms with van der Waals surface area (Å²) in [4.78, 5) is 24.3. The number of hydrogen-bond donors (Lipinski definition) is 2. The van der Waals surface area contributed by atoms with Crippen molar-refractivity contribution in [3.8, 4) is 0 Å². The van der Waals surface area contributed by atoms with Gasteiger partial charge in [0.05, 0.1) is 34.2 Å². The van der Waals surface area contributed by atoms with E-state index in [1.165, 1.54) is 0 Å². The summed E-state index contributed by atoms with van der Waals surface area (Å²) < 4.78 is 43.7. The minimum Gasteiger partial charge on any atom is -0.376 e. The highest BCUT2D eigenvalue weighted by Crippen LogP contribution is 2.40. The third-order valence-corrected chi connectivity index (χ3v) is 4.87. The first-order valence-electron chi connectivity index (χ1n) is 8.32. The molecule has 0 radical (unpaired) electrons. The SMILES string of the molecule is O=C(NCC1CCCO1)C1CC1C(=O)Nc1cc(C(F)(F)F)ccc1Cl. The molecule has 1 aliphatic carbocycles. The minimum atomic E-state index is -4.53. The van der Waals surface area contributed by atoms with Crippen LogP contribution in [0.1, 0.15) is 24.8 Å². The van der Waals surface area contributed by atoms with E-state index in [9.17, 15) is 22.8 Å². The summed E-state index contributed by atoms with van der Waals surface area (Å²) in [5.41, 5.74) is -1.02. The van der Waals surface area contributed by atoms with E-state index in [4.69, 9.17) is 16.3 Å². The van der Waals surface area contributed by atoms with Crippen LogP contribution in [-0.4, -0.2) is 31.1 Å². The van der Waals surface area contributed by atoms with E-state index in [1.807, 2.05) is 0 Å². The minimum absolute atomic E-state index is 0.00591. The predicted molar refractivity (Wildman–Crippen MR) is 88.7 cm³/mol. The molecule has 1 aromatic rings. The average Bonchev–Trinajstić information content (AvgIpc) is 3.21. The van der Waals surface area contributed by atoms with Crippen LogP contribution in [0.4, 0.5) is 18.9 Å². The first-order chi connectivity index (χ1) is 12.3. The van der Waals surface area contributed by atoms with Crippen LogP contribution in [0.5, 0.6) is 0 Å². The second-order valence-corrected chi connectivity index (χ2v) is 6.92. The molecule has 1 saturated heterocycles. The molecule has 0 bridgehead atoms. The highest BCUT2D eigenvalue weighted by Gasteiger charge is 2.48. The fourth-order valence-electron chi connectivity index (χ4n) is 2.95. The molecule has 26 heavy (non-hydrogen) atoms. The quantitative estimate of drug-likeness (QED) is 0.811. The Labute approximate surface area is 153 Å². The Morgan fingerprint density at radius 1 is 1.23 bits per heavy atom. The molecule has 3 unspecified atom stereocenters. The second-order valence-electron chi connectivity index (χ2n) is 6.51. The topological polar surface area (TPSA) is 67.4 Å². The number of hydrogen-bond acceptors (Lipinski definition) is 3. The van der Waals surface area contributed by atoms with E-state index in [-0.39, 0.29) is 22.7 Å². The number of alkyl halides is 3. The van der Waals surface area contributed by atoms with E-state index in [0.717, 1.165) is 31.0 Å². The van der Waals surface area contributed by atoms with E-state index in [2.05, 4.69) is 10.6 Å². The molecule has 2 fully saturated rings. The van der Waals surface area contributed by atoms with Crippen LogP contribution in [-0.2, 0) is 20.5 Å². The Hall–Kier alpha value is -1.80. The summed E-state index contributed by atoms with van der Waals surface area (Å²) in [6.45, 7) is 1.09. The number of carbonyl (C=O) groups excluding carboxylic acids is 2. The molecule has 2 aliphatic rings. The lowest BCUT2D eigenvalue weighted by molar-refractivity contribution is -0.137. The van der Waals surface area contributed by atoms with Gasteiger partial charge in [-0.2, -0.15) is 13.2 Å². The summed E-state index contributed by atoms with van der Waals surface area (Å²) in [5, 5.41) is 5.15. The zero-order chi connectivity index (χ0) is 18.9. The summed E-state index contributed by atoms with van der Waals surface area (Å²) in [5.74, 6) is -1.79. The fourth-order valence-corrected chi connectivity index (χ4v) is 3.11. The van der Waals surface area contributed by atoms with Crippen molar-refractivity contribution < 1.29 is 27.5 Å². The smallest absolute Gasteiger partial charge is 0.376 e. The molecule has 1 heterocycles. The molecule has 2 N–H and O–H groups in total. The van der Waals surface area contributed by atoms with Gasteiger partial charge in [-0.05, 0) is 37.5 Å². The zero-order valence-corrected chi connectivity index (χ0v) is 14.5. The predicted octanol–water partition coefficient (Wildman–Crippen LogP) is 3.23. The van der Waals surface area contributed by atoms with Crippen LogP contribution in [0.3, 0.4) is 0 Å². The largest absolute Gasteiger partial charge is 0.416 e. The standard InChI is InChI=1S/C17H18ClF3N2O3/c18-13-4-3-9(17(19,20)21)6-14(13)23-16(25)12-7-11(12)15(24)22-8-10-2-1-5-26-10/h3-4,6,10-12H,1-2,5,7-8H2,(H,22,24)(H,23,25). The number of halogens is 4. The van der Waals surface area contributed by atoms with E-state index >= 15 is 0 Å². The van der Waals surface area contributed by atoms with Gasteiger partial charge in [-0.3, -0.25) is 9.59 Å². The Bertz CT molecular complexity index is 705. The van der Waals surface area contributed by atoms with Gasteiger partial charge in [-0.25, -0.2) is 0 Å². The first kappa shape index (κ1) is 19.0. The summed E-state index contributed by atoms with van der Waals surface area (Å²) in [6.07, 6.45) is -2.31. The number of nitrogens with one attached hydrogen (secondary N) is 2. The number of carbonyl (C=O) groups is 2. The molecule has 0 aromatic heterocycles. The molecule has 3 rings (SSSR count). The van der Waals surface area contributed by atoms with Crippen molar-refractivity contribution in [2.24, 2.45) is 11.8 Å². The number of benzene rings is 1. The Morgan fingerprint density at radius 3 is 2.62 bits per heavy atom. The van der Waals surface area contributed by atoms with Gasteiger partial charge < -0.3 is 15.4 Å². The summed E-state index contributed by atoms with van der Waals surface area (Å²) in [7, 11) is 0. The highest BCUT2D eigenvalue weighted by atomic mass is 35.5. The molecule has 1 aliphatic heterocycles. The van der Waals surface area contributed by atoms with Gasteiger partial charge in [0.1, 0.15) is 0 Å². The number of rotatable bonds is 5. The Kier molecular flexibility index (Phi) is 5.43. The molecule has 142 valence electrons. The normalized spacial score (nSPS) is 25.0. The zero-order valence-electron chi connectivity index (χ0n) is 13.7. The second kappa shape index (κ2) is 7.44. The van der Waals surface area contributed by atoms with Crippen LogP contribution >= 0.6 is 11.6 Å². The molecular formula is C17H18ClF3N2O3. The maximum atomic E-state index is 12.8. The van der Waals surface area contributed by atoms with Gasteiger partial charge in [0.2, 0.25) is 11.8 Å². The third-order valence-electron chi connectivity index (χ3n) is 4.54. The van der Waals surface area contributed by atoms with Crippen molar-refractivity contribution in [3.63, 3.8) is 0 Å². The van der Waals surface area contributed by atoms with Gasteiger partial charge >= 0.3 is 6.18 Å². The lowest BCUT2D eigenvalue weighted by Gasteiger charge is -2.12. The molecule has 9 heteroatoms. The van der Waals surface area contributed by atoms with Gasteiger partial charge in [-0.15, -0.1) is 0 Å². The third kappa shape index (κ3) is 4.48. The van der Waals surface area contributed by atoms with E-state index < -0.39 is 29.5 Å². The van der Waals surface area contributed by atoms with Crippen LogP contribution in [0, 0.1) is 11.8 Å². The number of ether oxygens (including phenoxy) is 1. The number of amides is 2. The van der Waals surface area contributed by atoms with Crippen molar-refractivity contribution in [3.05, 3.63) is 28.8 Å². The molecule has 3 atom stereocenters. The Balaban J connectivity index is 1.54. The van der Waals surface area contributed by atoms with E-state index in [0.29, 0.717) is 19.6 Å². The molecular weight excluding hydrogens is 373 g/mol. The monoisotopic (exact) mass is 390 g/mol. The van der Waals surface area contributed by atoms with Crippen molar-refractivity contribution in [2.75, 3.05) is 18.5 Å². The highest BCUT2D eigenvalue weighted by molar-refractivity contribution is 6.33. The van der Waals surface area contributed by atoms with Gasteiger partial charge in [0.25, 0.3) is 0 Å². The lowest BCUT2D eigenvalue weighted by Crippen LogP contribution is -2.33. The maximum Gasteiger partial charge on any atom is 0.416 e. The van der Waals surface area contributed by atoms with Crippen molar-refractivity contribution in [2.45, 2.75) is 31.5 Å². The lowest BCUT2D eigenvalue weighted by atomic mass is 10.2. The van der Waals surface area contributed by atoms with Crippen molar-refractivity contribution in [1.29, 1.82) is 0 Å². The molecule has 5 nitrogen and oxygen atoms in total. The molecule has 2 amide bonds. The molecule has 1 aromatic carbocycles. The Morgan fingerprint density at radius 2 is 1.96 bits per heavy atom. The van der Waals surface area contributed by atoms with Crippen LogP contribution in [0.25, 0.3) is 0 Å². The van der Waals surface area contributed by atoms with E-state index in [1.54, 1.807) is 0 Å². The summed E-state index contributed by atoms with van der Waals surface area (Å²) in [6, 6.07) is 2.71. The summed E-state index contributed by atoms with van der Waals surface area (Å²) >= 11 is 5.86. The van der Waals surface area contributed by atoms with Crippen molar-refractivity contribution in [1.82, 2.24) is 5.32 Å². The van der Waals surface area contributed by atoms with Crippen molar-refractivity contribution >= 4 is 29.1 Å². The fraction of sp³-hybridized carbons (Fsp3) is 0.529. The van der Waals surface area contributed by atoms with Gasteiger partial charge in [0.15, 0.2) is 0 Å². The molecule has 0 spiro atoms. The van der Waals surface area contributed by atoms with Gasteiger partial charge in [0, 0.05) is 13.2 Å². The van der Waals surface area contributed by atoms with Gasteiger partial charge in [-0.1, -0.05) is 11.6 Å². The first-order valence-corrected chi connectivity index (χ1v) is 8.70. The maximum absolute atomic E-state index is 12.8. The number of anilines is 1. The van der Waals surface area contributed by atoms with Crippen LogP contribution in [0.15, 0.2) is 18.2 Å². The molecule has 1 saturated carbocycles. The van der Waals surface area contributed by atoms with Crippen LogP contribution < -0.4 is 10.6 Å².